The van der Waals surface area contributed by atoms with Crippen LogP contribution in [0.2, 0.25) is 0 Å². The van der Waals surface area contributed by atoms with Crippen LogP contribution in [0.25, 0.3) is 10.2 Å². The van der Waals surface area contributed by atoms with Crippen molar-refractivity contribution in [2.45, 2.75) is 6.36 Å². The van der Waals surface area contributed by atoms with Gasteiger partial charge in [-0.2, -0.15) is 4.98 Å². The Balaban J connectivity index is 2.53. The van der Waals surface area contributed by atoms with Crippen LogP contribution in [0.1, 0.15) is 0 Å². The van der Waals surface area contributed by atoms with E-state index in [1.165, 1.54) is 12.1 Å². The molecule has 2 aromatic rings. The summed E-state index contributed by atoms with van der Waals surface area (Å²) in [6.07, 6.45) is -4.72. The number of rotatable bonds is 2. The Hall–Kier alpha value is -1.34. The zero-order chi connectivity index (χ0) is 13.6. The number of fused-ring (bicyclic) bond motifs is 1. The number of quaternary nitrogens is 1. The predicted molar refractivity (Wildman–Crippen MR) is 64.2 cm³/mol. The van der Waals surface area contributed by atoms with Crippen LogP contribution >= 0.6 is 11.3 Å². The number of thiazole rings is 1. The molecule has 0 fully saturated rings. The Kier molecular flexibility index (Phi) is 2.98. The van der Waals surface area contributed by atoms with Gasteiger partial charge in [0.25, 0.3) is 5.13 Å². The van der Waals surface area contributed by atoms with Crippen LogP contribution < -0.4 is 9.22 Å². The predicted octanol–water partition coefficient (Wildman–Crippen LogP) is 3.43. The van der Waals surface area contributed by atoms with Crippen molar-refractivity contribution >= 4 is 26.7 Å². The van der Waals surface area contributed by atoms with E-state index >= 15 is 0 Å². The van der Waals surface area contributed by atoms with Crippen molar-refractivity contribution in [1.29, 1.82) is 0 Å². The molecule has 0 aliphatic heterocycles. The molecule has 0 aliphatic rings. The Morgan fingerprint density at radius 3 is 2.56 bits per heavy atom. The molecule has 2 radical (unpaired) electrons. The molecular weight excluding hydrogens is 265 g/mol. The van der Waals surface area contributed by atoms with E-state index in [9.17, 15) is 13.2 Å². The maximum Gasteiger partial charge on any atom is 0.573 e. The van der Waals surface area contributed by atoms with Gasteiger partial charge < -0.3 is 4.74 Å². The van der Waals surface area contributed by atoms with Crippen molar-refractivity contribution in [2.75, 3.05) is 14.1 Å². The molecule has 96 valence electrons. The molecule has 0 unspecified atom stereocenters. The molecule has 1 aromatic carbocycles. The van der Waals surface area contributed by atoms with Crippen molar-refractivity contribution in [3.05, 3.63) is 25.2 Å². The van der Waals surface area contributed by atoms with Crippen LogP contribution in [0.3, 0.4) is 0 Å². The molecule has 2 rings (SSSR count). The van der Waals surface area contributed by atoms with Crippen molar-refractivity contribution < 1.29 is 17.9 Å². The van der Waals surface area contributed by atoms with Crippen LogP contribution in [-0.2, 0) is 0 Å². The van der Waals surface area contributed by atoms with E-state index in [-0.39, 0.29) is 10.2 Å². The van der Waals surface area contributed by atoms with Gasteiger partial charge in [0.05, 0.1) is 19.6 Å². The first kappa shape index (κ1) is 13.1. The fourth-order valence-electron chi connectivity index (χ4n) is 1.36. The summed E-state index contributed by atoms with van der Waals surface area (Å²) in [5, 5.41) is 0.503. The number of alkyl halides is 3. The molecular formula is C11H10F3N2OS+. The van der Waals surface area contributed by atoms with Gasteiger partial charge in [0.15, 0.2) is 0 Å². The smallest absolute Gasteiger partial charge is 0.404 e. The molecule has 0 saturated carbocycles. The molecule has 18 heavy (non-hydrogen) atoms. The molecule has 1 heterocycles. The van der Waals surface area contributed by atoms with Crippen molar-refractivity contribution in [1.82, 2.24) is 9.47 Å². The highest BCUT2D eigenvalue weighted by Crippen LogP contribution is 2.38. The third-order valence-corrected chi connectivity index (χ3v) is 3.45. The fraction of sp³-hybridized carbons (Fsp3) is 0.273. The second-order valence-corrected chi connectivity index (χ2v) is 5.17. The minimum Gasteiger partial charge on any atom is -0.404 e. The van der Waals surface area contributed by atoms with Gasteiger partial charge in [0.2, 0.25) is 7.05 Å². The number of hydrogen-bond acceptors (Lipinski definition) is 3. The third-order valence-electron chi connectivity index (χ3n) is 2.09. The van der Waals surface area contributed by atoms with Crippen LogP contribution in [0.5, 0.6) is 5.75 Å². The number of hydrogen-bond donors (Lipinski definition) is 0. The van der Waals surface area contributed by atoms with Gasteiger partial charge in [-0.1, -0.05) is 17.4 Å². The van der Waals surface area contributed by atoms with Gasteiger partial charge in [0.1, 0.15) is 10.4 Å². The molecule has 0 aliphatic carbocycles. The molecule has 0 atom stereocenters. The minimum absolute atomic E-state index is 0.0508. The fourth-order valence-corrected chi connectivity index (χ4v) is 2.35. The minimum atomic E-state index is -4.72. The third kappa shape index (κ3) is 2.73. The van der Waals surface area contributed by atoms with Crippen LogP contribution in [0, 0.1) is 7.05 Å². The summed E-state index contributed by atoms with van der Waals surface area (Å²) in [6, 6.07) is 4.34. The van der Waals surface area contributed by atoms with E-state index in [1.807, 2.05) is 0 Å². The van der Waals surface area contributed by atoms with Gasteiger partial charge in [-0.25, -0.2) is 0 Å². The van der Waals surface area contributed by atoms with E-state index in [0.717, 1.165) is 11.3 Å². The lowest BCUT2D eigenvalue weighted by atomic mass is 10.3. The highest BCUT2D eigenvalue weighted by Gasteiger charge is 2.32. The molecule has 0 bridgehead atoms. The molecule has 7 heteroatoms. The van der Waals surface area contributed by atoms with E-state index in [2.05, 4.69) is 9.72 Å². The zero-order valence-corrected chi connectivity index (χ0v) is 10.5. The normalized spacial score (nSPS) is 13.0. The summed E-state index contributed by atoms with van der Waals surface area (Å²) < 4.78 is 41.0. The monoisotopic (exact) mass is 275 g/mol. The molecule has 1 aromatic heterocycles. The number of aromatic nitrogens is 1. The maximum atomic E-state index is 12.2. The number of ether oxygens (including phenoxy) is 1. The molecule has 0 saturated heterocycles. The van der Waals surface area contributed by atoms with E-state index in [0.29, 0.717) is 15.3 Å². The van der Waals surface area contributed by atoms with Crippen LogP contribution in [0.15, 0.2) is 18.2 Å². The first-order valence-corrected chi connectivity index (χ1v) is 5.77. The average molecular weight is 275 g/mol. The lowest BCUT2D eigenvalue weighted by Crippen LogP contribution is -2.31. The van der Waals surface area contributed by atoms with Crippen LogP contribution in [-0.4, -0.2) is 25.4 Å². The summed E-state index contributed by atoms with van der Waals surface area (Å²) in [7, 11) is 9.19. The maximum absolute atomic E-state index is 12.2. The number of halogens is 3. The van der Waals surface area contributed by atoms with Crippen LogP contribution in [0.4, 0.5) is 18.3 Å². The molecule has 0 N–H and O–H groups in total. The van der Waals surface area contributed by atoms with Crippen molar-refractivity contribution in [3.63, 3.8) is 0 Å². The van der Waals surface area contributed by atoms with E-state index in [1.54, 1.807) is 20.2 Å². The average Bonchev–Trinajstić information content (AvgIpc) is 2.59. The Morgan fingerprint density at radius 2 is 2.00 bits per heavy atom. The first-order valence-electron chi connectivity index (χ1n) is 4.95. The lowest BCUT2D eigenvalue weighted by Gasteiger charge is -2.16. The Morgan fingerprint density at radius 1 is 1.33 bits per heavy atom. The summed E-state index contributed by atoms with van der Waals surface area (Å²) in [5.41, 5.74) is 0.438. The van der Waals surface area contributed by atoms with Gasteiger partial charge in [-0.3, -0.25) is 4.48 Å². The second kappa shape index (κ2) is 4.10. The molecule has 3 nitrogen and oxygen atoms in total. The number of nitrogens with zero attached hydrogens (tertiary/aromatic N) is 2. The van der Waals surface area contributed by atoms with Gasteiger partial charge >= 0.3 is 6.36 Å². The van der Waals surface area contributed by atoms with E-state index in [4.69, 9.17) is 7.05 Å². The second-order valence-electron chi connectivity index (χ2n) is 4.19. The highest BCUT2D eigenvalue weighted by atomic mass is 32.1. The largest absolute Gasteiger partial charge is 0.573 e. The first-order chi connectivity index (χ1) is 8.17. The molecule has 0 spiro atoms. The standard InChI is InChI=1S/C11H10F3N2OS/c1-16(2,3)10-15-7-5-4-6-8(9(7)18-10)17-11(12,13)14/h1,4-6H,2-3H3/q+1. The summed E-state index contributed by atoms with van der Waals surface area (Å²) in [4.78, 5) is 4.19. The topological polar surface area (TPSA) is 22.1 Å². The Labute approximate surface area is 106 Å². The summed E-state index contributed by atoms with van der Waals surface area (Å²) >= 11 is 1.08. The van der Waals surface area contributed by atoms with E-state index < -0.39 is 6.36 Å². The van der Waals surface area contributed by atoms with Crippen molar-refractivity contribution in [3.8, 4) is 5.75 Å². The Bertz CT molecular complexity index is 572. The van der Waals surface area contributed by atoms with Gasteiger partial charge in [0, 0.05) is 0 Å². The quantitative estimate of drug-likeness (QED) is 0.783. The number of benzene rings is 1. The van der Waals surface area contributed by atoms with Crippen molar-refractivity contribution in [2.24, 2.45) is 0 Å². The highest BCUT2D eigenvalue weighted by molar-refractivity contribution is 7.22. The zero-order valence-electron chi connectivity index (χ0n) is 9.65. The summed E-state index contributed by atoms with van der Waals surface area (Å²) in [6.45, 7) is 0. The SMILES string of the molecule is [CH][N+](C)(C)c1nc2cccc(OC(F)(F)F)c2s1. The lowest BCUT2D eigenvalue weighted by molar-refractivity contribution is -0.274. The summed E-state index contributed by atoms with van der Waals surface area (Å²) in [5.74, 6) is -0.253. The molecule has 0 amide bonds. The van der Waals surface area contributed by atoms with Gasteiger partial charge in [-0.15, -0.1) is 13.2 Å². The van der Waals surface area contributed by atoms with Gasteiger partial charge in [-0.05, 0) is 12.1 Å².